The second kappa shape index (κ2) is 11.9. The second-order valence-corrected chi connectivity index (χ2v) is 15.0. The molecule has 5 aromatic heterocycles. The van der Waals surface area contributed by atoms with Crippen molar-refractivity contribution in [2.75, 3.05) is 0 Å². The van der Waals surface area contributed by atoms with Crippen LogP contribution in [-0.4, -0.2) is 28.7 Å². The molecule has 0 unspecified atom stereocenters. The predicted octanol–water partition coefficient (Wildman–Crippen LogP) is 13.2. The van der Waals surface area contributed by atoms with Gasteiger partial charge in [-0.3, -0.25) is 9.13 Å². The summed E-state index contributed by atoms with van der Waals surface area (Å²) in [6.07, 6.45) is 0. The number of aromatic nitrogens is 6. The van der Waals surface area contributed by atoms with Gasteiger partial charge in [0.05, 0.1) is 55.2 Å². The average Bonchev–Trinajstić information content (AvgIpc) is 4.13. The van der Waals surface area contributed by atoms with Gasteiger partial charge in [-0.05, 0) is 54.5 Å². The summed E-state index contributed by atoms with van der Waals surface area (Å²) in [5.41, 5.74) is 2.07. The smallest absolute Gasteiger partial charge is 0.240 e. The van der Waals surface area contributed by atoms with E-state index >= 15 is 0 Å². The maximum absolute atomic E-state index is 9.83. The Labute approximate surface area is 352 Å². The molecule has 0 aliphatic rings. The van der Waals surface area contributed by atoms with Crippen molar-refractivity contribution in [2.24, 2.45) is 0 Å². The molecule has 0 fully saturated rings. The van der Waals surface area contributed by atoms with Gasteiger partial charge in [0.25, 0.3) is 0 Å². The molecule has 0 spiro atoms. The molecule has 5 heterocycles. The minimum atomic E-state index is -0.573. The molecule has 0 N–H and O–H groups in total. The first-order chi connectivity index (χ1) is 33.8. The molecule has 0 atom stereocenters. The lowest BCUT2D eigenvalue weighted by Gasteiger charge is -2.16. The number of nitrogens with zero attached hydrogens (tertiary/aromatic N) is 6. The Balaban J connectivity index is 1.25. The maximum Gasteiger partial charge on any atom is 0.240 e. The van der Waals surface area contributed by atoms with Crippen LogP contribution in [0.1, 0.15) is 16.4 Å². The lowest BCUT2D eigenvalue weighted by molar-refractivity contribution is 0.892. The summed E-state index contributed by atoms with van der Waals surface area (Å²) in [4.78, 5) is 15.2. The first-order valence-corrected chi connectivity index (χ1v) is 19.3. The second-order valence-electron chi connectivity index (χ2n) is 13.9. The van der Waals surface area contributed by atoms with Crippen LogP contribution in [0.4, 0.5) is 0 Å². The van der Waals surface area contributed by atoms with Crippen molar-refractivity contribution in [1.29, 1.82) is 0 Å². The highest BCUT2D eigenvalue weighted by atomic mass is 32.1. The predicted molar refractivity (Wildman–Crippen MR) is 241 cm³/mol. The summed E-state index contributed by atoms with van der Waals surface area (Å²) in [5.74, 6) is -0.654. The molecule has 0 amide bonds. The molecule has 0 aliphatic heterocycles. The Morgan fingerprint density at radius 3 is 1.57 bits per heavy atom. The molecule has 7 heteroatoms. The van der Waals surface area contributed by atoms with E-state index in [9.17, 15) is 8.22 Å². The van der Waals surface area contributed by atoms with Crippen molar-refractivity contribution in [3.63, 3.8) is 0 Å². The van der Waals surface area contributed by atoms with Crippen molar-refractivity contribution >= 4 is 96.9 Å². The van der Waals surface area contributed by atoms with Gasteiger partial charge in [0, 0.05) is 58.1 Å². The average molecular weight is 771 g/mol. The third-order valence-electron chi connectivity index (χ3n) is 10.9. The third kappa shape index (κ3) is 4.33. The van der Waals surface area contributed by atoms with E-state index < -0.39 is 48.3 Å². The molecule has 0 radical (unpaired) electrons. The van der Waals surface area contributed by atoms with Crippen LogP contribution in [0, 0.1) is 0 Å². The van der Waals surface area contributed by atoms with E-state index in [1.54, 1.807) is 59.9 Å². The van der Waals surface area contributed by atoms with Crippen molar-refractivity contribution in [2.45, 2.75) is 0 Å². The number of rotatable bonds is 4. The van der Waals surface area contributed by atoms with Crippen LogP contribution < -0.4 is 0 Å². The van der Waals surface area contributed by atoms with Crippen LogP contribution in [0.2, 0.25) is 0 Å². The van der Waals surface area contributed by atoms with Crippen LogP contribution in [0.3, 0.4) is 0 Å². The summed E-state index contributed by atoms with van der Waals surface area (Å²) in [7, 11) is 0. The van der Waals surface area contributed by atoms with E-state index in [-0.39, 0.29) is 74.9 Å². The monoisotopic (exact) mass is 770 g/mol. The Hall–Kier alpha value is -7.61. The van der Waals surface area contributed by atoms with Gasteiger partial charge >= 0.3 is 0 Å². The fourth-order valence-electron chi connectivity index (χ4n) is 8.55. The Bertz CT molecular complexity index is 4380. The first-order valence-electron chi connectivity index (χ1n) is 24.5. The number of benzene rings is 8. The van der Waals surface area contributed by atoms with Crippen LogP contribution in [-0.2, 0) is 0 Å². The van der Waals surface area contributed by atoms with Gasteiger partial charge in [0.15, 0.2) is 5.82 Å². The molecule has 58 heavy (non-hydrogen) atoms. The molecule has 0 bridgehead atoms. The Morgan fingerprint density at radius 1 is 0.397 bits per heavy atom. The quantitative estimate of drug-likeness (QED) is 0.179. The van der Waals surface area contributed by atoms with Crippen LogP contribution in [0.15, 0.2) is 182 Å². The van der Waals surface area contributed by atoms with Gasteiger partial charge in [-0.15, -0.1) is 11.3 Å². The Morgan fingerprint density at radius 2 is 0.914 bits per heavy atom. The van der Waals surface area contributed by atoms with Crippen molar-refractivity contribution in [3.8, 4) is 29.0 Å². The molecule has 13 aromatic rings. The van der Waals surface area contributed by atoms with E-state index in [4.69, 9.17) is 23.2 Å². The highest BCUT2D eigenvalue weighted by Crippen LogP contribution is 2.44. The van der Waals surface area contributed by atoms with E-state index in [1.165, 1.54) is 9.13 Å². The summed E-state index contributed by atoms with van der Waals surface area (Å²) in [6.45, 7) is 0. The van der Waals surface area contributed by atoms with Crippen LogP contribution in [0.5, 0.6) is 0 Å². The van der Waals surface area contributed by atoms with Gasteiger partial charge < -0.3 is 4.57 Å². The van der Waals surface area contributed by atoms with Crippen molar-refractivity contribution in [3.05, 3.63) is 182 Å². The van der Waals surface area contributed by atoms with Gasteiger partial charge in [-0.25, -0.2) is 0 Å². The molecule has 8 aromatic carbocycles. The molecule has 270 valence electrons. The standard InChI is InChI=1S/C51H30N6S/c1-9-23-40-31(15-1)32-16-2-10-24-41(32)56(40)50-52-49(53-51(54-50)57-42-25-11-3-17-33(42)34-18-4-12-26-43(34)57)37-20-6-13-27-44(37)55-39-22-8-5-19-35(39)36-29-30-46-47(48(36)55)38-21-7-14-28-45(38)58-46/h1-30H/i1D,3D,6D,9D,11D,13D,15D,17D,20D,23D,25D,27D. The van der Waals surface area contributed by atoms with E-state index in [0.717, 1.165) is 30.9 Å². The molecule has 0 saturated carbocycles. The van der Waals surface area contributed by atoms with Crippen molar-refractivity contribution < 1.29 is 16.4 Å². The number of hydrogen-bond acceptors (Lipinski definition) is 4. The minimum absolute atomic E-state index is 0.0244. The summed E-state index contributed by atoms with van der Waals surface area (Å²) in [6, 6.07) is 28.3. The fourth-order valence-corrected chi connectivity index (χ4v) is 9.66. The van der Waals surface area contributed by atoms with Gasteiger partial charge in [-0.1, -0.05) is 127 Å². The molecule has 0 aliphatic carbocycles. The summed E-state index contributed by atoms with van der Waals surface area (Å²) in [5, 5.41) is 4.79. The van der Waals surface area contributed by atoms with E-state index in [1.807, 2.05) is 59.2 Å². The van der Waals surface area contributed by atoms with Gasteiger partial charge in [0.2, 0.25) is 11.9 Å². The largest absolute Gasteiger partial charge is 0.308 e. The first kappa shape index (κ1) is 22.2. The number of fused-ring (bicyclic) bond motifs is 13. The lowest BCUT2D eigenvalue weighted by Crippen LogP contribution is -2.11. The van der Waals surface area contributed by atoms with Gasteiger partial charge in [-0.2, -0.15) is 15.0 Å². The molecule has 6 nitrogen and oxygen atoms in total. The zero-order chi connectivity index (χ0) is 48.3. The zero-order valence-corrected chi connectivity index (χ0v) is 30.8. The van der Waals surface area contributed by atoms with Gasteiger partial charge in [0.1, 0.15) is 0 Å². The Kier molecular flexibility index (Phi) is 4.58. The normalized spacial score (nSPS) is 15.0. The minimum Gasteiger partial charge on any atom is -0.308 e. The fraction of sp³-hybridized carbons (Fsp3) is 0. The maximum atomic E-state index is 9.83. The lowest BCUT2D eigenvalue weighted by atomic mass is 10.1. The number of para-hydroxylation sites is 6. The highest BCUT2D eigenvalue weighted by molar-refractivity contribution is 7.26. The topological polar surface area (TPSA) is 53.5 Å². The molecule has 0 saturated heterocycles. The summed E-state index contributed by atoms with van der Waals surface area (Å²) >= 11 is 1.61. The highest BCUT2D eigenvalue weighted by Gasteiger charge is 2.24. The van der Waals surface area contributed by atoms with E-state index in [2.05, 4.69) is 6.07 Å². The van der Waals surface area contributed by atoms with E-state index in [0.29, 0.717) is 32.8 Å². The number of hydrogen-bond donors (Lipinski definition) is 0. The molecular formula is C51H30N6S. The molecular weight excluding hydrogens is 729 g/mol. The summed E-state index contributed by atoms with van der Waals surface area (Å²) < 4.78 is 116. The van der Waals surface area contributed by atoms with Crippen molar-refractivity contribution in [1.82, 2.24) is 28.7 Å². The van der Waals surface area contributed by atoms with Crippen LogP contribution in [0.25, 0.3) is 115 Å². The zero-order valence-electron chi connectivity index (χ0n) is 42.0. The SMILES string of the molecule is [2H]c1c([2H])c([2H])c(-n2c3ccccc3c3ccc4sc5ccccc5c4c32)c(-c2nc(-n3c4ccccc4c4c([2H])c([2H])c([2H])c([2H])c43)nc(-n3c4ccccc4c4c([2H])c([2H])c([2H])c([2H])c43)n2)c1[2H]. The molecule has 13 rings (SSSR count). The van der Waals surface area contributed by atoms with Crippen LogP contribution >= 0.6 is 11.3 Å². The third-order valence-corrected chi connectivity index (χ3v) is 12.0. The number of thiophene rings is 1.